The predicted molar refractivity (Wildman–Crippen MR) is 55.1 cm³/mol. The molecular weight excluding hydrogens is 206 g/mol. The van der Waals surface area contributed by atoms with Crippen molar-refractivity contribution in [2.45, 2.75) is 13.0 Å². The zero-order valence-electron chi connectivity index (χ0n) is 8.86. The molecule has 0 saturated heterocycles. The molecule has 0 amide bonds. The van der Waals surface area contributed by atoms with E-state index in [0.29, 0.717) is 13.2 Å². The summed E-state index contributed by atoms with van der Waals surface area (Å²) in [6.45, 7) is 2.68. The van der Waals surface area contributed by atoms with E-state index in [1.807, 2.05) is 0 Å². The molecule has 0 bridgehead atoms. The average Bonchev–Trinajstić information content (AvgIpc) is 2.13. The zero-order valence-corrected chi connectivity index (χ0v) is 9.67. The molecule has 86 valence electrons. The fraction of sp³-hybridized carbons (Fsp3) is 1.00. The topological polar surface area (TPSA) is 84.7 Å². The van der Waals surface area contributed by atoms with Crippen molar-refractivity contribution in [3.05, 3.63) is 0 Å². The molecule has 3 N–H and O–H groups in total. The first-order valence-corrected chi connectivity index (χ1v) is 5.80. The lowest BCUT2D eigenvalue weighted by molar-refractivity contribution is 0.184. The summed E-state index contributed by atoms with van der Waals surface area (Å²) in [4.78, 5) is 0. The van der Waals surface area contributed by atoms with Gasteiger partial charge in [-0.3, -0.25) is 0 Å². The summed E-state index contributed by atoms with van der Waals surface area (Å²) in [7, 11) is -0.406. The third-order valence-corrected chi connectivity index (χ3v) is 3.43. The number of hydrogen-bond donors (Lipinski definition) is 2. The summed E-state index contributed by atoms with van der Waals surface area (Å²) in [6, 6.07) is -0.259. The van der Waals surface area contributed by atoms with E-state index in [9.17, 15) is 8.42 Å². The Balaban J connectivity index is 4.17. The van der Waals surface area contributed by atoms with E-state index in [1.165, 1.54) is 18.5 Å². The molecule has 0 aliphatic heterocycles. The Morgan fingerprint density at radius 1 is 1.57 bits per heavy atom. The lowest BCUT2D eigenvalue weighted by atomic mass is 10.4. The minimum Gasteiger partial charge on any atom is -0.383 e. The second-order valence-electron chi connectivity index (χ2n) is 3.07. The third kappa shape index (κ3) is 4.87. The van der Waals surface area contributed by atoms with Gasteiger partial charge in [-0.25, -0.2) is 0 Å². The Labute approximate surface area is 85.6 Å². The second kappa shape index (κ2) is 6.31. The van der Waals surface area contributed by atoms with Crippen LogP contribution in [0.2, 0.25) is 0 Å². The Kier molecular flexibility index (Phi) is 6.21. The van der Waals surface area contributed by atoms with E-state index in [1.54, 1.807) is 6.92 Å². The van der Waals surface area contributed by atoms with Crippen LogP contribution in [0.3, 0.4) is 0 Å². The van der Waals surface area contributed by atoms with Crippen LogP contribution in [0.1, 0.15) is 6.92 Å². The van der Waals surface area contributed by atoms with Gasteiger partial charge in [0, 0.05) is 33.3 Å². The number of hydrogen-bond acceptors (Lipinski definition) is 4. The van der Waals surface area contributed by atoms with Crippen molar-refractivity contribution in [1.29, 1.82) is 0 Å². The van der Waals surface area contributed by atoms with Gasteiger partial charge in [0.15, 0.2) is 0 Å². The molecule has 14 heavy (non-hydrogen) atoms. The molecule has 0 radical (unpaired) electrons. The van der Waals surface area contributed by atoms with Crippen LogP contribution < -0.4 is 10.5 Å². The van der Waals surface area contributed by atoms with E-state index in [4.69, 9.17) is 10.5 Å². The number of rotatable bonds is 7. The van der Waals surface area contributed by atoms with Crippen LogP contribution >= 0.6 is 0 Å². The van der Waals surface area contributed by atoms with Crippen LogP contribution in [-0.4, -0.2) is 52.6 Å². The van der Waals surface area contributed by atoms with Crippen molar-refractivity contribution in [1.82, 2.24) is 9.03 Å². The van der Waals surface area contributed by atoms with Crippen LogP contribution in [0, 0.1) is 0 Å². The first kappa shape index (κ1) is 13.8. The van der Waals surface area contributed by atoms with Gasteiger partial charge in [0.25, 0.3) is 10.2 Å². The van der Waals surface area contributed by atoms with Crippen LogP contribution in [0.4, 0.5) is 0 Å². The van der Waals surface area contributed by atoms with E-state index >= 15 is 0 Å². The van der Waals surface area contributed by atoms with Crippen LogP contribution in [-0.2, 0) is 14.9 Å². The minimum absolute atomic E-state index is 0.259. The highest BCUT2D eigenvalue weighted by Gasteiger charge is 2.18. The third-order valence-electron chi connectivity index (χ3n) is 1.72. The molecule has 0 saturated carbocycles. The monoisotopic (exact) mass is 225 g/mol. The summed E-state index contributed by atoms with van der Waals surface area (Å²) >= 11 is 0. The van der Waals surface area contributed by atoms with Crippen LogP contribution in [0.25, 0.3) is 0 Å². The summed E-state index contributed by atoms with van der Waals surface area (Å²) in [5.41, 5.74) is 5.31. The fourth-order valence-corrected chi connectivity index (χ4v) is 1.83. The molecule has 0 aromatic rings. The van der Waals surface area contributed by atoms with Gasteiger partial charge in [0.05, 0.1) is 6.61 Å². The first-order chi connectivity index (χ1) is 6.44. The highest BCUT2D eigenvalue weighted by atomic mass is 32.2. The van der Waals surface area contributed by atoms with Crippen molar-refractivity contribution < 1.29 is 13.2 Å². The Morgan fingerprint density at radius 3 is 2.57 bits per heavy atom. The zero-order chi connectivity index (χ0) is 11.2. The van der Waals surface area contributed by atoms with Gasteiger partial charge >= 0.3 is 0 Å². The van der Waals surface area contributed by atoms with Gasteiger partial charge in [-0.05, 0) is 6.92 Å². The van der Waals surface area contributed by atoms with Crippen molar-refractivity contribution in [2.75, 3.05) is 33.9 Å². The number of ether oxygens (including phenoxy) is 1. The van der Waals surface area contributed by atoms with Gasteiger partial charge in [-0.2, -0.15) is 17.4 Å². The molecule has 6 nitrogen and oxygen atoms in total. The SMILES string of the molecule is COCCN(C)S(=O)(=O)N[C@@H](C)CN. The van der Waals surface area contributed by atoms with Gasteiger partial charge in [0.1, 0.15) is 0 Å². The molecule has 1 atom stereocenters. The molecule has 0 rings (SSSR count). The Morgan fingerprint density at radius 2 is 2.14 bits per heavy atom. The second-order valence-corrected chi connectivity index (χ2v) is 4.88. The van der Waals surface area contributed by atoms with E-state index < -0.39 is 10.2 Å². The van der Waals surface area contributed by atoms with Gasteiger partial charge < -0.3 is 10.5 Å². The first-order valence-electron chi connectivity index (χ1n) is 4.36. The van der Waals surface area contributed by atoms with E-state index in [0.717, 1.165) is 0 Å². The van der Waals surface area contributed by atoms with Crippen molar-refractivity contribution >= 4 is 10.2 Å². The molecule has 0 spiro atoms. The average molecular weight is 225 g/mol. The van der Waals surface area contributed by atoms with Crippen LogP contribution in [0.5, 0.6) is 0 Å². The number of likely N-dealkylation sites (N-methyl/N-ethyl adjacent to an activating group) is 1. The molecule has 0 aliphatic carbocycles. The minimum atomic E-state index is -3.42. The maximum absolute atomic E-state index is 11.5. The van der Waals surface area contributed by atoms with E-state index in [-0.39, 0.29) is 12.6 Å². The maximum Gasteiger partial charge on any atom is 0.279 e. The maximum atomic E-state index is 11.5. The quantitative estimate of drug-likeness (QED) is 0.567. The largest absolute Gasteiger partial charge is 0.383 e. The van der Waals surface area contributed by atoms with Gasteiger partial charge in [-0.1, -0.05) is 0 Å². The number of nitrogens with one attached hydrogen (secondary N) is 1. The fourth-order valence-electron chi connectivity index (χ4n) is 0.732. The normalized spacial score (nSPS) is 14.6. The lowest BCUT2D eigenvalue weighted by Gasteiger charge is -2.19. The molecule has 0 aliphatic rings. The number of nitrogens with zero attached hydrogens (tertiary/aromatic N) is 1. The molecule has 0 heterocycles. The van der Waals surface area contributed by atoms with Crippen molar-refractivity contribution in [3.63, 3.8) is 0 Å². The Hall–Kier alpha value is -0.210. The summed E-state index contributed by atoms with van der Waals surface area (Å²) in [5, 5.41) is 0. The van der Waals surface area contributed by atoms with Gasteiger partial charge in [0.2, 0.25) is 0 Å². The summed E-state index contributed by atoms with van der Waals surface area (Å²) < 4.78 is 31.4. The Bertz CT molecular complexity index is 243. The van der Waals surface area contributed by atoms with Crippen molar-refractivity contribution in [2.24, 2.45) is 5.73 Å². The number of methoxy groups -OCH3 is 1. The lowest BCUT2D eigenvalue weighted by Crippen LogP contribution is -2.46. The van der Waals surface area contributed by atoms with Gasteiger partial charge in [-0.15, -0.1) is 0 Å². The van der Waals surface area contributed by atoms with Crippen LogP contribution in [0.15, 0.2) is 0 Å². The highest BCUT2D eigenvalue weighted by molar-refractivity contribution is 7.87. The molecule has 7 heteroatoms. The molecule has 0 fully saturated rings. The summed E-state index contributed by atoms with van der Waals surface area (Å²) in [5.74, 6) is 0. The molecule has 0 aromatic heterocycles. The van der Waals surface area contributed by atoms with E-state index in [2.05, 4.69) is 4.72 Å². The smallest absolute Gasteiger partial charge is 0.279 e. The van der Waals surface area contributed by atoms with Crippen molar-refractivity contribution in [3.8, 4) is 0 Å². The molecular formula is C7H19N3O3S. The highest BCUT2D eigenvalue weighted by Crippen LogP contribution is 1.94. The standard InChI is InChI=1S/C7H19N3O3S/c1-7(6-8)9-14(11,12)10(2)4-5-13-3/h7,9H,4-6,8H2,1-3H3/t7-/m0/s1. The molecule has 0 unspecified atom stereocenters. The summed E-state index contributed by atoms with van der Waals surface area (Å²) in [6.07, 6.45) is 0. The molecule has 0 aromatic carbocycles. The predicted octanol–water partition coefficient (Wildman–Crippen LogP) is -1.25. The number of nitrogens with two attached hydrogens (primary N) is 1.